The first kappa shape index (κ1) is 17.2. The van der Waals surface area contributed by atoms with E-state index in [0.29, 0.717) is 18.1 Å². The summed E-state index contributed by atoms with van der Waals surface area (Å²) in [5.74, 6) is 0. The molecule has 2 aliphatic heterocycles. The largest absolute Gasteiger partial charge is 0.379 e. The van der Waals surface area contributed by atoms with E-state index in [4.69, 9.17) is 4.74 Å². The maximum atomic E-state index is 5.45. The average molecular weight is 297 g/mol. The third kappa shape index (κ3) is 5.85. The summed E-state index contributed by atoms with van der Waals surface area (Å²) in [6.07, 6.45) is 5.60. The maximum absolute atomic E-state index is 5.45. The summed E-state index contributed by atoms with van der Waals surface area (Å²) in [5.41, 5.74) is 0. The molecule has 2 rings (SSSR count). The molecular weight excluding hydrogens is 262 g/mol. The molecule has 2 heterocycles. The number of nitrogens with zero attached hydrogens (tertiary/aromatic N) is 2. The van der Waals surface area contributed by atoms with E-state index in [1.807, 2.05) is 0 Å². The molecule has 3 atom stereocenters. The van der Waals surface area contributed by atoms with E-state index in [2.05, 4.69) is 35.9 Å². The standard InChI is InChI=1S/C17H35N3O/c1-15(14-19-8-6-4-5-7-9-19)18-16(2)17(3)20-10-12-21-13-11-20/h15-18H,4-14H2,1-3H3/t15-,16+,17-/m1/s1. The van der Waals surface area contributed by atoms with Crippen LogP contribution < -0.4 is 5.32 Å². The molecule has 0 bridgehead atoms. The van der Waals surface area contributed by atoms with Gasteiger partial charge >= 0.3 is 0 Å². The van der Waals surface area contributed by atoms with Crippen molar-refractivity contribution in [3.05, 3.63) is 0 Å². The van der Waals surface area contributed by atoms with Crippen LogP contribution in [0.25, 0.3) is 0 Å². The van der Waals surface area contributed by atoms with Gasteiger partial charge in [-0.3, -0.25) is 4.90 Å². The molecule has 0 saturated carbocycles. The van der Waals surface area contributed by atoms with Crippen LogP contribution >= 0.6 is 0 Å². The van der Waals surface area contributed by atoms with Crippen molar-refractivity contribution in [1.82, 2.24) is 15.1 Å². The minimum Gasteiger partial charge on any atom is -0.379 e. The fourth-order valence-corrected chi connectivity index (χ4v) is 3.65. The average Bonchev–Trinajstić information content (AvgIpc) is 2.75. The molecule has 0 radical (unpaired) electrons. The third-order valence-corrected chi connectivity index (χ3v) is 5.12. The van der Waals surface area contributed by atoms with Crippen LogP contribution in [0.1, 0.15) is 46.5 Å². The normalized spacial score (nSPS) is 27.0. The summed E-state index contributed by atoms with van der Waals surface area (Å²) in [6.45, 7) is 14.7. The first-order chi connectivity index (χ1) is 10.2. The van der Waals surface area contributed by atoms with Gasteiger partial charge in [0, 0.05) is 37.8 Å². The maximum Gasteiger partial charge on any atom is 0.0594 e. The molecule has 0 aromatic rings. The molecule has 2 aliphatic rings. The van der Waals surface area contributed by atoms with Crippen LogP contribution in [0.15, 0.2) is 0 Å². The Morgan fingerprint density at radius 2 is 1.52 bits per heavy atom. The number of hydrogen-bond acceptors (Lipinski definition) is 4. The third-order valence-electron chi connectivity index (χ3n) is 5.12. The lowest BCUT2D eigenvalue weighted by atomic mass is 10.1. The van der Waals surface area contributed by atoms with E-state index < -0.39 is 0 Å². The molecule has 0 aromatic heterocycles. The van der Waals surface area contributed by atoms with Crippen molar-refractivity contribution in [3.8, 4) is 0 Å². The molecule has 2 fully saturated rings. The minimum absolute atomic E-state index is 0.532. The van der Waals surface area contributed by atoms with Crippen LogP contribution in [0.2, 0.25) is 0 Å². The van der Waals surface area contributed by atoms with Crippen molar-refractivity contribution in [3.63, 3.8) is 0 Å². The molecule has 124 valence electrons. The second-order valence-electron chi connectivity index (χ2n) is 6.96. The van der Waals surface area contributed by atoms with E-state index in [1.54, 1.807) is 0 Å². The van der Waals surface area contributed by atoms with Gasteiger partial charge in [0.1, 0.15) is 0 Å². The van der Waals surface area contributed by atoms with Gasteiger partial charge < -0.3 is 15.0 Å². The van der Waals surface area contributed by atoms with E-state index in [0.717, 1.165) is 26.3 Å². The molecule has 0 unspecified atom stereocenters. The van der Waals surface area contributed by atoms with Gasteiger partial charge in [-0.05, 0) is 46.7 Å². The SMILES string of the molecule is C[C@H](CN1CCCCCC1)N[C@@H](C)[C@@H](C)N1CCOCC1. The van der Waals surface area contributed by atoms with Crippen molar-refractivity contribution in [2.75, 3.05) is 45.9 Å². The topological polar surface area (TPSA) is 27.7 Å². The van der Waals surface area contributed by atoms with Gasteiger partial charge in [-0.2, -0.15) is 0 Å². The number of nitrogens with one attached hydrogen (secondary N) is 1. The van der Waals surface area contributed by atoms with Gasteiger partial charge in [-0.15, -0.1) is 0 Å². The molecule has 21 heavy (non-hydrogen) atoms. The quantitative estimate of drug-likeness (QED) is 0.811. The molecule has 0 aliphatic carbocycles. The molecular formula is C17H35N3O. The predicted molar refractivity (Wildman–Crippen MR) is 88.8 cm³/mol. The summed E-state index contributed by atoms with van der Waals surface area (Å²) >= 11 is 0. The van der Waals surface area contributed by atoms with E-state index >= 15 is 0 Å². The van der Waals surface area contributed by atoms with Gasteiger partial charge in [-0.25, -0.2) is 0 Å². The Morgan fingerprint density at radius 3 is 2.14 bits per heavy atom. The second-order valence-corrected chi connectivity index (χ2v) is 6.96. The minimum atomic E-state index is 0.532. The number of morpholine rings is 1. The lowest BCUT2D eigenvalue weighted by molar-refractivity contribution is 0.0126. The molecule has 2 saturated heterocycles. The van der Waals surface area contributed by atoms with Crippen molar-refractivity contribution < 1.29 is 4.74 Å². The van der Waals surface area contributed by atoms with Crippen molar-refractivity contribution in [2.24, 2.45) is 0 Å². The van der Waals surface area contributed by atoms with Crippen LogP contribution in [0, 0.1) is 0 Å². The lowest BCUT2D eigenvalue weighted by Crippen LogP contribution is -2.54. The summed E-state index contributed by atoms with van der Waals surface area (Å²) in [6, 6.07) is 1.69. The summed E-state index contributed by atoms with van der Waals surface area (Å²) in [5, 5.41) is 3.82. The van der Waals surface area contributed by atoms with Crippen molar-refractivity contribution in [1.29, 1.82) is 0 Å². The van der Waals surface area contributed by atoms with Gasteiger partial charge in [0.25, 0.3) is 0 Å². The Morgan fingerprint density at radius 1 is 0.905 bits per heavy atom. The zero-order valence-electron chi connectivity index (χ0n) is 14.3. The Bertz CT molecular complexity index is 273. The first-order valence-corrected chi connectivity index (χ1v) is 8.97. The highest BCUT2D eigenvalue weighted by atomic mass is 16.5. The molecule has 4 nitrogen and oxygen atoms in total. The van der Waals surface area contributed by atoms with Crippen LogP contribution in [0.4, 0.5) is 0 Å². The molecule has 0 aromatic carbocycles. The highest BCUT2D eigenvalue weighted by Gasteiger charge is 2.23. The monoisotopic (exact) mass is 297 g/mol. The summed E-state index contributed by atoms with van der Waals surface area (Å²) in [7, 11) is 0. The van der Waals surface area contributed by atoms with E-state index in [1.165, 1.54) is 45.3 Å². The summed E-state index contributed by atoms with van der Waals surface area (Å²) < 4.78 is 5.45. The van der Waals surface area contributed by atoms with Crippen LogP contribution in [-0.2, 0) is 4.74 Å². The molecule has 0 amide bonds. The molecule has 1 N–H and O–H groups in total. The van der Waals surface area contributed by atoms with Gasteiger partial charge in [0.05, 0.1) is 13.2 Å². The van der Waals surface area contributed by atoms with E-state index in [-0.39, 0.29) is 0 Å². The Balaban J connectivity index is 1.71. The summed E-state index contributed by atoms with van der Waals surface area (Å²) in [4.78, 5) is 5.20. The fourth-order valence-electron chi connectivity index (χ4n) is 3.65. The number of likely N-dealkylation sites (tertiary alicyclic amines) is 1. The van der Waals surface area contributed by atoms with Crippen LogP contribution in [-0.4, -0.2) is 73.9 Å². The Hall–Kier alpha value is -0.160. The van der Waals surface area contributed by atoms with Gasteiger partial charge in [0.2, 0.25) is 0 Å². The Kier molecular flexibility index (Phi) is 7.44. The number of ether oxygens (including phenoxy) is 1. The number of hydrogen-bond donors (Lipinski definition) is 1. The van der Waals surface area contributed by atoms with Crippen molar-refractivity contribution in [2.45, 2.75) is 64.6 Å². The smallest absolute Gasteiger partial charge is 0.0594 e. The van der Waals surface area contributed by atoms with E-state index in [9.17, 15) is 0 Å². The zero-order valence-corrected chi connectivity index (χ0v) is 14.3. The lowest BCUT2D eigenvalue weighted by Gasteiger charge is -2.37. The fraction of sp³-hybridized carbons (Fsp3) is 1.00. The molecule has 4 heteroatoms. The van der Waals surface area contributed by atoms with Crippen molar-refractivity contribution >= 4 is 0 Å². The van der Waals surface area contributed by atoms with Gasteiger partial charge in [0.15, 0.2) is 0 Å². The predicted octanol–water partition coefficient (Wildman–Crippen LogP) is 1.95. The number of rotatable bonds is 6. The Labute approximate surface area is 131 Å². The van der Waals surface area contributed by atoms with Crippen LogP contribution in [0.3, 0.4) is 0 Å². The first-order valence-electron chi connectivity index (χ1n) is 8.97. The molecule has 0 spiro atoms. The highest BCUT2D eigenvalue weighted by Crippen LogP contribution is 2.11. The highest BCUT2D eigenvalue weighted by molar-refractivity contribution is 4.82. The second kappa shape index (κ2) is 9.09. The van der Waals surface area contributed by atoms with Gasteiger partial charge in [-0.1, -0.05) is 12.8 Å². The zero-order chi connectivity index (χ0) is 15.1. The van der Waals surface area contributed by atoms with Crippen LogP contribution in [0.5, 0.6) is 0 Å².